The van der Waals surface area contributed by atoms with Crippen LogP contribution in [0.25, 0.3) is 0 Å². The highest BCUT2D eigenvalue weighted by atomic mass is 19.1. The minimum Gasteiger partial charge on any atom is -0.343 e. The molecule has 1 saturated heterocycles. The van der Waals surface area contributed by atoms with E-state index in [4.69, 9.17) is 0 Å². The van der Waals surface area contributed by atoms with Crippen molar-refractivity contribution in [3.05, 3.63) is 30.1 Å². The number of halogens is 1. The molecular formula is C15H20FN3O2. The van der Waals surface area contributed by atoms with Crippen LogP contribution in [0.2, 0.25) is 0 Å². The number of nitrogens with one attached hydrogen (secondary N) is 2. The molecule has 0 saturated carbocycles. The molecule has 6 heteroatoms. The van der Waals surface area contributed by atoms with Gasteiger partial charge in [0, 0.05) is 31.2 Å². The van der Waals surface area contributed by atoms with Gasteiger partial charge in [0.25, 0.3) is 0 Å². The lowest BCUT2D eigenvalue weighted by atomic mass is 10.1. The fourth-order valence-corrected chi connectivity index (χ4v) is 2.38. The number of likely N-dealkylation sites (tertiary alicyclic amines) is 1. The van der Waals surface area contributed by atoms with E-state index in [0.717, 1.165) is 12.8 Å². The largest absolute Gasteiger partial charge is 0.343 e. The van der Waals surface area contributed by atoms with Crippen molar-refractivity contribution in [2.24, 2.45) is 0 Å². The Morgan fingerprint density at radius 3 is 2.43 bits per heavy atom. The van der Waals surface area contributed by atoms with Crippen molar-refractivity contribution in [1.82, 2.24) is 10.2 Å². The first-order chi connectivity index (χ1) is 10.1. The van der Waals surface area contributed by atoms with Crippen molar-refractivity contribution in [1.29, 1.82) is 0 Å². The zero-order valence-corrected chi connectivity index (χ0v) is 12.1. The van der Waals surface area contributed by atoms with Gasteiger partial charge in [-0.05, 0) is 37.1 Å². The quantitative estimate of drug-likeness (QED) is 0.898. The van der Waals surface area contributed by atoms with Crippen molar-refractivity contribution >= 4 is 17.6 Å². The predicted octanol–water partition coefficient (Wildman–Crippen LogP) is 2.35. The molecule has 0 radical (unpaired) electrons. The fourth-order valence-electron chi connectivity index (χ4n) is 2.38. The number of piperidine rings is 1. The van der Waals surface area contributed by atoms with Gasteiger partial charge in [-0.2, -0.15) is 0 Å². The topological polar surface area (TPSA) is 61.4 Å². The van der Waals surface area contributed by atoms with Gasteiger partial charge in [0.05, 0.1) is 0 Å². The molecule has 2 N–H and O–H groups in total. The minimum atomic E-state index is -0.339. The van der Waals surface area contributed by atoms with E-state index in [1.165, 1.54) is 24.3 Å². The Morgan fingerprint density at radius 2 is 1.86 bits per heavy atom. The van der Waals surface area contributed by atoms with Gasteiger partial charge in [-0.3, -0.25) is 4.79 Å². The van der Waals surface area contributed by atoms with Crippen LogP contribution in [0.4, 0.5) is 14.9 Å². The standard InChI is InChI=1S/C15H20FN3O2/c1-2-14(20)19-9-7-13(8-10-19)18-15(21)17-12-5-3-11(16)4-6-12/h3-6,13H,2,7-10H2,1H3,(H2,17,18,21). The molecule has 5 nitrogen and oxygen atoms in total. The third kappa shape index (κ3) is 4.44. The van der Waals surface area contributed by atoms with E-state index < -0.39 is 0 Å². The van der Waals surface area contributed by atoms with E-state index >= 15 is 0 Å². The molecule has 1 fully saturated rings. The van der Waals surface area contributed by atoms with Crippen LogP contribution in [0.5, 0.6) is 0 Å². The normalized spacial score (nSPS) is 15.6. The summed E-state index contributed by atoms with van der Waals surface area (Å²) < 4.78 is 12.8. The van der Waals surface area contributed by atoms with Crippen molar-refractivity contribution in [3.63, 3.8) is 0 Å². The number of carbonyl (C=O) groups is 2. The molecule has 0 aliphatic carbocycles. The van der Waals surface area contributed by atoms with Crippen LogP contribution in [0, 0.1) is 5.82 Å². The van der Waals surface area contributed by atoms with Crippen LogP contribution in [0.1, 0.15) is 26.2 Å². The summed E-state index contributed by atoms with van der Waals surface area (Å²) in [5, 5.41) is 5.54. The van der Waals surface area contributed by atoms with Gasteiger partial charge in [-0.15, -0.1) is 0 Å². The van der Waals surface area contributed by atoms with Gasteiger partial charge in [0.2, 0.25) is 5.91 Å². The van der Waals surface area contributed by atoms with Gasteiger partial charge in [0.15, 0.2) is 0 Å². The fraction of sp³-hybridized carbons (Fsp3) is 0.467. The summed E-state index contributed by atoms with van der Waals surface area (Å²) in [7, 11) is 0. The number of anilines is 1. The lowest BCUT2D eigenvalue weighted by molar-refractivity contribution is -0.131. The second-order valence-corrected chi connectivity index (χ2v) is 5.11. The van der Waals surface area contributed by atoms with Crippen LogP contribution in [-0.2, 0) is 4.79 Å². The number of benzene rings is 1. The molecule has 1 aliphatic heterocycles. The highest BCUT2D eigenvalue weighted by Crippen LogP contribution is 2.12. The van der Waals surface area contributed by atoms with Crippen LogP contribution >= 0.6 is 0 Å². The summed E-state index contributed by atoms with van der Waals surface area (Å²) in [6.07, 6.45) is 2.02. The molecule has 0 atom stereocenters. The van der Waals surface area contributed by atoms with Gasteiger partial charge < -0.3 is 15.5 Å². The zero-order chi connectivity index (χ0) is 15.2. The van der Waals surface area contributed by atoms with E-state index in [9.17, 15) is 14.0 Å². The highest BCUT2D eigenvalue weighted by Gasteiger charge is 2.22. The Hall–Kier alpha value is -2.11. The van der Waals surface area contributed by atoms with Crippen LogP contribution in [0.3, 0.4) is 0 Å². The lowest BCUT2D eigenvalue weighted by Gasteiger charge is -2.32. The summed E-state index contributed by atoms with van der Waals surface area (Å²) >= 11 is 0. The molecule has 0 aromatic heterocycles. The van der Waals surface area contributed by atoms with Gasteiger partial charge >= 0.3 is 6.03 Å². The van der Waals surface area contributed by atoms with Crippen molar-refractivity contribution in [3.8, 4) is 0 Å². The Balaban J connectivity index is 1.76. The second kappa shape index (κ2) is 7.06. The Bertz CT molecular complexity index is 496. The first kappa shape index (κ1) is 15.3. The smallest absolute Gasteiger partial charge is 0.319 e. The molecule has 1 aliphatic rings. The Labute approximate surface area is 123 Å². The van der Waals surface area contributed by atoms with Gasteiger partial charge in [-0.1, -0.05) is 6.92 Å². The molecule has 0 bridgehead atoms. The summed E-state index contributed by atoms with van der Waals surface area (Å²) in [5.41, 5.74) is 0.549. The first-order valence-electron chi connectivity index (χ1n) is 7.19. The second-order valence-electron chi connectivity index (χ2n) is 5.11. The maximum absolute atomic E-state index is 12.8. The summed E-state index contributed by atoms with van der Waals surface area (Å²) in [6, 6.07) is 5.37. The molecule has 21 heavy (non-hydrogen) atoms. The summed E-state index contributed by atoms with van der Waals surface area (Å²) in [6.45, 7) is 3.20. The predicted molar refractivity (Wildman–Crippen MR) is 78.4 cm³/mol. The molecule has 2 rings (SSSR count). The number of amides is 3. The molecule has 0 spiro atoms. The van der Waals surface area contributed by atoms with Gasteiger partial charge in [0.1, 0.15) is 5.82 Å². The molecule has 3 amide bonds. The monoisotopic (exact) mass is 293 g/mol. The molecule has 1 aromatic rings. The lowest BCUT2D eigenvalue weighted by Crippen LogP contribution is -2.47. The molecular weight excluding hydrogens is 273 g/mol. The molecule has 1 heterocycles. The number of hydrogen-bond acceptors (Lipinski definition) is 2. The van der Waals surface area contributed by atoms with E-state index in [1.54, 1.807) is 0 Å². The molecule has 0 unspecified atom stereocenters. The minimum absolute atomic E-state index is 0.0614. The summed E-state index contributed by atoms with van der Waals surface area (Å²) in [5.74, 6) is -0.182. The van der Waals surface area contributed by atoms with E-state index in [1.807, 2.05) is 11.8 Å². The first-order valence-corrected chi connectivity index (χ1v) is 7.19. The maximum atomic E-state index is 12.8. The zero-order valence-electron chi connectivity index (χ0n) is 12.1. The number of hydrogen-bond donors (Lipinski definition) is 2. The number of urea groups is 1. The average Bonchev–Trinajstić information content (AvgIpc) is 2.49. The number of carbonyl (C=O) groups excluding carboxylic acids is 2. The van der Waals surface area contributed by atoms with Crippen molar-refractivity contribution < 1.29 is 14.0 Å². The SMILES string of the molecule is CCC(=O)N1CCC(NC(=O)Nc2ccc(F)cc2)CC1. The molecule has 114 valence electrons. The Kier molecular flexibility index (Phi) is 5.14. The van der Waals surface area contributed by atoms with E-state index in [0.29, 0.717) is 25.2 Å². The average molecular weight is 293 g/mol. The molecule has 1 aromatic carbocycles. The van der Waals surface area contributed by atoms with E-state index in [-0.39, 0.29) is 23.8 Å². The number of nitrogens with zero attached hydrogens (tertiary/aromatic N) is 1. The highest BCUT2D eigenvalue weighted by molar-refractivity contribution is 5.89. The van der Waals surface area contributed by atoms with Crippen LogP contribution in [-0.4, -0.2) is 36.0 Å². The van der Waals surface area contributed by atoms with Gasteiger partial charge in [-0.25, -0.2) is 9.18 Å². The van der Waals surface area contributed by atoms with Crippen molar-refractivity contribution in [2.75, 3.05) is 18.4 Å². The third-order valence-corrected chi connectivity index (χ3v) is 3.59. The summed E-state index contributed by atoms with van der Waals surface area (Å²) in [4.78, 5) is 25.2. The van der Waals surface area contributed by atoms with E-state index in [2.05, 4.69) is 10.6 Å². The number of rotatable bonds is 3. The maximum Gasteiger partial charge on any atom is 0.319 e. The van der Waals surface area contributed by atoms with Crippen molar-refractivity contribution in [2.45, 2.75) is 32.2 Å². The Morgan fingerprint density at radius 1 is 1.24 bits per heavy atom. The van der Waals surface area contributed by atoms with Crippen LogP contribution in [0.15, 0.2) is 24.3 Å². The van der Waals surface area contributed by atoms with Crippen LogP contribution < -0.4 is 10.6 Å². The third-order valence-electron chi connectivity index (χ3n) is 3.59.